The van der Waals surface area contributed by atoms with Crippen molar-refractivity contribution in [1.82, 2.24) is 9.55 Å². The molecule has 0 saturated heterocycles. The Labute approximate surface area is 171 Å². The number of benzene rings is 2. The molecule has 0 amide bonds. The number of nitrogens with zero attached hydrogens (tertiary/aromatic N) is 2. The summed E-state index contributed by atoms with van der Waals surface area (Å²) in [6.07, 6.45) is 0. The van der Waals surface area contributed by atoms with Crippen molar-refractivity contribution >= 4 is 33.2 Å². The van der Waals surface area contributed by atoms with Crippen molar-refractivity contribution in [2.45, 2.75) is 32.8 Å². The monoisotopic (exact) mass is 414 g/mol. The zero-order chi connectivity index (χ0) is 19.9. The van der Waals surface area contributed by atoms with Crippen molar-refractivity contribution in [1.29, 1.82) is 0 Å². The predicted octanol–water partition coefficient (Wildman–Crippen LogP) is 5.57. The molecule has 0 aliphatic carbocycles. The van der Waals surface area contributed by atoms with E-state index in [1.165, 1.54) is 4.57 Å². The number of ether oxygens (including phenoxy) is 1. The third-order valence-electron chi connectivity index (χ3n) is 4.23. The minimum Gasteiger partial charge on any atom is -0.486 e. The van der Waals surface area contributed by atoms with Crippen LogP contribution in [0, 0.1) is 0 Å². The molecule has 7 heteroatoms. The third kappa shape index (κ3) is 3.57. The van der Waals surface area contributed by atoms with Gasteiger partial charge < -0.3 is 9.15 Å². The first-order valence-corrected chi connectivity index (χ1v) is 10.0. The molecule has 2 aromatic carbocycles. The summed E-state index contributed by atoms with van der Waals surface area (Å²) >= 11 is 8.01. The summed E-state index contributed by atoms with van der Waals surface area (Å²) in [6.45, 7) is 6.22. The maximum atomic E-state index is 12.3. The molecule has 4 rings (SSSR count). The molecule has 144 valence electrons. The van der Waals surface area contributed by atoms with Crippen molar-refractivity contribution in [3.05, 3.63) is 75.0 Å². The average Bonchev–Trinajstić information content (AvgIpc) is 3.20. The van der Waals surface area contributed by atoms with Crippen LogP contribution < -0.4 is 10.5 Å². The summed E-state index contributed by atoms with van der Waals surface area (Å²) in [5.41, 5.74) is 1.24. The lowest BCUT2D eigenvalue weighted by Crippen LogP contribution is -2.12. The van der Waals surface area contributed by atoms with Gasteiger partial charge in [0, 0.05) is 5.41 Å². The Bertz CT molecular complexity index is 1150. The Balaban J connectivity index is 1.53. The molecule has 28 heavy (non-hydrogen) atoms. The van der Waals surface area contributed by atoms with Gasteiger partial charge in [-0.15, -0.1) is 11.3 Å². The van der Waals surface area contributed by atoms with Crippen molar-refractivity contribution in [3.63, 3.8) is 0 Å². The first-order valence-electron chi connectivity index (χ1n) is 8.82. The third-order valence-corrected chi connectivity index (χ3v) is 5.58. The standard InChI is InChI=1S/C21H19ClN2O3S/c1-21(2,3)18-19(22)24(20(25)27-18)13-8-10-14(11-9-13)26-12-17-23-15-6-4-5-7-16(15)28-17/h4-11H,12H2,1-3H3. The largest absolute Gasteiger partial charge is 0.486 e. The Kier molecular flexibility index (Phi) is 4.77. The van der Waals surface area contributed by atoms with E-state index in [4.69, 9.17) is 20.8 Å². The second kappa shape index (κ2) is 7.11. The summed E-state index contributed by atoms with van der Waals surface area (Å²) in [7, 11) is 0. The van der Waals surface area contributed by atoms with Crippen LogP contribution in [0.25, 0.3) is 15.9 Å². The van der Waals surface area contributed by atoms with Gasteiger partial charge in [-0.05, 0) is 36.4 Å². The minimum atomic E-state index is -0.502. The van der Waals surface area contributed by atoms with E-state index in [-0.39, 0.29) is 5.41 Å². The normalized spacial score (nSPS) is 11.9. The zero-order valence-corrected chi connectivity index (χ0v) is 17.3. The first-order chi connectivity index (χ1) is 13.3. The average molecular weight is 415 g/mol. The number of aromatic nitrogens is 2. The van der Waals surface area contributed by atoms with E-state index in [0.717, 1.165) is 15.2 Å². The highest BCUT2D eigenvalue weighted by Crippen LogP contribution is 2.30. The van der Waals surface area contributed by atoms with Crippen LogP contribution in [0.1, 0.15) is 31.5 Å². The quantitative estimate of drug-likeness (QED) is 0.438. The van der Waals surface area contributed by atoms with E-state index < -0.39 is 5.76 Å². The fourth-order valence-electron chi connectivity index (χ4n) is 2.86. The van der Waals surface area contributed by atoms with E-state index in [9.17, 15) is 4.79 Å². The highest BCUT2D eigenvalue weighted by molar-refractivity contribution is 7.18. The summed E-state index contributed by atoms with van der Waals surface area (Å²) in [5, 5.41) is 1.20. The Morgan fingerprint density at radius 3 is 2.50 bits per heavy atom. The van der Waals surface area contributed by atoms with Crippen LogP contribution in [-0.4, -0.2) is 9.55 Å². The predicted molar refractivity (Wildman–Crippen MR) is 112 cm³/mol. The zero-order valence-electron chi connectivity index (χ0n) is 15.7. The molecular formula is C21H19ClN2O3S. The van der Waals surface area contributed by atoms with Gasteiger partial charge in [0.25, 0.3) is 0 Å². The molecule has 0 bridgehead atoms. The molecule has 2 heterocycles. The first kappa shape index (κ1) is 18.8. The maximum absolute atomic E-state index is 12.3. The van der Waals surface area contributed by atoms with Crippen molar-refractivity contribution in [2.75, 3.05) is 0 Å². The molecule has 2 aromatic heterocycles. The summed E-state index contributed by atoms with van der Waals surface area (Å²) in [6, 6.07) is 15.2. The molecule has 4 aromatic rings. The Morgan fingerprint density at radius 2 is 1.86 bits per heavy atom. The van der Waals surface area contributed by atoms with Gasteiger partial charge in [-0.2, -0.15) is 0 Å². The van der Waals surface area contributed by atoms with E-state index in [1.807, 2.05) is 45.0 Å². The number of oxazole rings is 1. The lowest BCUT2D eigenvalue weighted by atomic mass is 9.94. The topological polar surface area (TPSA) is 57.3 Å². The lowest BCUT2D eigenvalue weighted by Gasteiger charge is -2.14. The highest BCUT2D eigenvalue weighted by Gasteiger charge is 2.26. The number of para-hydroxylation sites is 1. The minimum absolute atomic E-state index is 0.292. The molecule has 0 radical (unpaired) electrons. The van der Waals surface area contributed by atoms with Crippen molar-refractivity contribution < 1.29 is 9.15 Å². The second-order valence-corrected chi connectivity index (χ2v) is 8.90. The molecule has 5 nitrogen and oxygen atoms in total. The van der Waals surface area contributed by atoms with Gasteiger partial charge in [0.15, 0.2) is 10.9 Å². The molecule has 0 unspecified atom stereocenters. The van der Waals surface area contributed by atoms with E-state index >= 15 is 0 Å². The lowest BCUT2D eigenvalue weighted by molar-refractivity contribution is 0.306. The van der Waals surface area contributed by atoms with Gasteiger partial charge in [-0.1, -0.05) is 44.5 Å². The number of fused-ring (bicyclic) bond motifs is 1. The number of rotatable bonds is 4. The molecule has 0 atom stereocenters. The van der Waals surface area contributed by atoms with Crippen LogP contribution in [-0.2, 0) is 12.0 Å². The SMILES string of the molecule is CC(C)(C)c1oc(=O)n(-c2ccc(OCc3nc4ccccc4s3)cc2)c1Cl. The number of halogens is 1. The molecule has 0 N–H and O–H groups in total. The van der Waals surface area contributed by atoms with Crippen LogP contribution in [0.3, 0.4) is 0 Å². The number of hydrogen-bond donors (Lipinski definition) is 0. The van der Waals surface area contributed by atoms with Crippen LogP contribution >= 0.6 is 22.9 Å². The van der Waals surface area contributed by atoms with E-state index in [0.29, 0.717) is 29.0 Å². The van der Waals surface area contributed by atoms with Gasteiger partial charge in [-0.25, -0.2) is 14.3 Å². The van der Waals surface area contributed by atoms with Gasteiger partial charge in [0.05, 0.1) is 15.9 Å². The van der Waals surface area contributed by atoms with Crippen LogP contribution in [0.15, 0.2) is 57.7 Å². The highest BCUT2D eigenvalue weighted by atomic mass is 35.5. The van der Waals surface area contributed by atoms with Gasteiger partial charge in [0.2, 0.25) is 0 Å². The van der Waals surface area contributed by atoms with Gasteiger partial charge in [-0.3, -0.25) is 0 Å². The van der Waals surface area contributed by atoms with Crippen LogP contribution in [0.5, 0.6) is 5.75 Å². The van der Waals surface area contributed by atoms with Gasteiger partial charge in [0.1, 0.15) is 17.4 Å². The number of thiazole rings is 1. The van der Waals surface area contributed by atoms with Crippen LogP contribution in [0.2, 0.25) is 5.15 Å². The summed E-state index contributed by atoms with van der Waals surface area (Å²) in [4.78, 5) is 16.8. The second-order valence-electron chi connectivity index (χ2n) is 7.43. The van der Waals surface area contributed by atoms with Gasteiger partial charge >= 0.3 is 5.76 Å². The van der Waals surface area contributed by atoms with E-state index in [1.54, 1.807) is 35.6 Å². The Hall–Kier alpha value is -2.57. The van der Waals surface area contributed by atoms with Crippen molar-refractivity contribution in [2.24, 2.45) is 0 Å². The summed E-state index contributed by atoms with van der Waals surface area (Å²) in [5.74, 6) is 0.653. The van der Waals surface area contributed by atoms with Crippen LogP contribution in [0.4, 0.5) is 0 Å². The fourth-order valence-corrected chi connectivity index (χ4v) is 4.23. The smallest absolute Gasteiger partial charge is 0.425 e. The molecule has 0 spiro atoms. The maximum Gasteiger partial charge on any atom is 0.425 e. The number of hydrogen-bond acceptors (Lipinski definition) is 5. The Morgan fingerprint density at radius 1 is 1.14 bits per heavy atom. The molecular weight excluding hydrogens is 396 g/mol. The molecule has 0 fully saturated rings. The summed E-state index contributed by atoms with van der Waals surface area (Å²) < 4.78 is 13.7. The fraction of sp³-hybridized carbons (Fsp3) is 0.238. The van der Waals surface area contributed by atoms with E-state index in [2.05, 4.69) is 4.98 Å². The van der Waals surface area contributed by atoms with Crippen molar-refractivity contribution in [3.8, 4) is 11.4 Å². The molecule has 0 aliphatic rings. The molecule has 0 aliphatic heterocycles. The molecule has 0 saturated carbocycles.